The Balaban J connectivity index is 1.97. The zero-order valence-corrected chi connectivity index (χ0v) is 14.3. The van der Waals surface area contributed by atoms with Crippen molar-refractivity contribution in [1.29, 1.82) is 0 Å². The highest BCUT2D eigenvalue weighted by atomic mass is 35.5. The lowest BCUT2D eigenvalue weighted by Crippen LogP contribution is -2.34. The van der Waals surface area contributed by atoms with Gasteiger partial charge in [-0.15, -0.1) is 0 Å². The lowest BCUT2D eigenvalue weighted by molar-refractivity contribution is 0.362. The largest absolute Gasteiger partial charge is 0.314 e. The molecule has 2 rings (SSSR count). The number of hydrogen-bond donors (Lipinski definition) is 1. The second kappa shape index (κ2) is 9.02. The first kappa shape index (κ1) is 17.1. The average molecular weight is 330 g/mol. The molecule has 1 unspecified atom stereocenters. The van der Waals surface area contributed by atoms with Crippen LogP contribution in [0.4, 0.5) is 4.39 Å². The smallest absolute Gasteiger partial charge is 0.124 e. The second-order valence-corrected chi connectivity index (χ2v) is 7.51. The highest BCUT2D eigenvalue weighted by molar-refractivity contribution is 7.99. The summed E-state index contributed by atoms with van der Waals surface area (Å²) in [6.07, 6.45) is 5.88. The van der Waals surface area contributed by atoms with Gasteiger partial charge in [-0.25, -0.2) is 4.39 Å². The van der Waals surface area contributed by atoms with Crippen LogP contribution in [0.3, 0.4) is 0 Å². The van der Waals surface area contributed by atoms with E-state index in [1.165, 1.54) is 42.9 Å². The van der Waals surface area contributed by atoms with E-state index in [0.29, 0.717) is 11.1 Å². The van der Waals surface area contributed by atoms with Crippen LogP contribution >= 0.6 is 23.4 Å². The van der Waals surface area contributed by atoms with Crippen LogP contribution in [-0.2, 0) is 6.42 Å². The zero-order valence-electron chi connectivity index (χ0n) is 12.7. The van der Waals surface area contributed by atoms with Crippen LogP contribution < -0.4 is 5.32 Å². The van der Waals surface area contributed by atoms with E-state index < -0.39 is 0 Å². The summed E-state index contributed by atoms with van der Waals surface area (Å²) in [5.74, 6) is 3.15. The molecule has 0 aliphatic carbocycles. The van der Waals surface area contributed by atoms with Gasteiger partial charge in [0.25, 0.3) is 0 Å². The van der Waals surface area contributed by atoms with Crippen molar-refractivity contribution in [3.8, 4) is 0 Å². The molecule has 0 radical (unpaired) electrons. The number of nitrogens with one attached hydrogen (secondary N) is 1. The zero-order chi connectivity index (χ0) is 15.1. The predicted octanol–water partition coefficient (Wildman–Crippen LogP) is 4.92. The Morgan fingerprint density at radius 2 is 2.14 bits per heavy atom. The number of rotatable bonds is 7. The van der Waals surface area contributed by atoms with Gasteiger partial charge in [0.05, 0.1) is 0 Å². The highest BCUT2D eigenvalue weighted by Gasteiger charge is 2.20. The monoisotopic (exact) mass is 329 g/mol. The first-order valence-corrected chi connectivity index (χ1v) is 9.47. The Morgan fingerprint density at radius 3 is 2.81 bits per heavy atom. The standard InChI is InChI=1S/C17H25ClFNS/c1-2-7-20-16(10-13-5-8-21-9-6-13)11-14-3-4-15(19)12-17(14)18/h3-4,12-13,16,20H,2,5-11H2,1H3. The first-order valence-electron chi connectivity index (χ1n) is 7.94. The predicted molar refractivity (Wildman–Crippen MR) is 91.9 cm³/mol. The molecule has 1 aliphatic heterocycles. The maximum absolute atomic E-state index is 13.2. The van der Waals surface area contributed by atoms with E-state index in [1.54, 1.807) is 0 Å². The summed E-state index contributed by atoms with van der Waals surface area (Å²) in [6, 6.07) is 5.20. The molecule has 21 heavy (non-hydrogen) atoms. The topological polar surface area (TPSA) is 12.0 Å². The number of halogens is 2. The van der Waals surface area contributed by atoms with Gasteiger partial charge >= 0.3 is 0 Å². The number of thioether (sulfide) groups is 1. The maximum Gasteiger partial charge on any atom is 0.124 e. The van der Waals surface area contributed by atoms with Crippen molar-refractivity contribution in [1.82, 2.24) is 5.32 Å². The third-order valence-corrected chi connectivity index (χ3v) is 5.52. The molecular formula is C17H25ClFNS. The van der Waals surface area contributed by atoms with E-state index in [0.717, 1.165) is 30.9 Å². The highest BCUT2D eigenvalue weighted by Crippen LogP contribution is 2.28. The molecule has 1 saturated heterocycles. The van der Waals surface area contributed by atoms with Gasteiger partial charge in [-0.1, -0.05) is 24.6 Å². The van der Waals surface area contributed by atoms with Crippen molar-refractivity contribution in [2.75, 3.05) is 18.1 Å². The van der Waals surface area contributed by atoms with Crippen LogP contribution in [0, 0.1) is 11.7 Å². The second-order valence-electron chi connectivity index (χ2n) is 5.88. The van der Waals surface area contributed by atoms with Gasteiger partial charge in [0.15, 0.2) is 0 Å². The van der Waals surface area contributed by atoms with Crippen LogP contribution in [0.5, 0.6) is 0 Å². The molecule has 1 aromatic rings. The van der Waals surface area contributed by atoms with E-state index >= 15 is 0 Å². The van der Waals surface area contributed by atoms with Crippen LogP contribution in [0.25, 0.3) is 0 Å². The quantitative estimate of drug-likeness (QED) is 0.761. The van der Waals surface area contributed by atoms with Gasteiger partial charge in [0, 0.05) is 11.1 Å². The molecule has 1 aliphatic rings. The van der Waals surface area contributed by atoms with Crippen molar-refractivity contribution in [2.24, 2.45) is 5.92 Å². The van der Waals surface area contributed by atoms with Crippen molar-refractivity contribution >= 4 is 23.4 Å². The summed E-state index contributed by atoms with van der Waals surface area (Å²) in [4.78, 5) is 0. The van der Waals surface area contributed by atoms with Gasteiger partial charge in [0.2, 0.25) is 0 Å². The lowest BCUT2D eigenvalue weighted by atomic mass is 9.91. The van der Waals surface area contributed by atoms with Crippen molar-refractivity contribution in [2.45, 2.75) is 45.1 Å². The fraction of sp³-hybridized carbons (Fsp3) is 0.647. The molecule has 0 bridgehead atoms. The molecule has 1 heterocycles. The van der Waals surface area contributed by atoms with Gasteiger partial charge in [-0.2, -0.15) is 11.8 Å². The minimum absolute atomic E-state index is 0.258. The van der Waals surface area contributed by atoms with Crippen LogP contribution in [0.1, 0.15) is 38.2 Å². The summed E-state index contributed by atoms with van der Waals surface area (Å²) >= 11 is 8.25. The Kier molecular flexibility index (Phi) is 7.35. The molecule has 1 fully saturated rings. The maximum atomic E-state index is 13.2. The van der Waals surface area contributed by atoms with E-state index in [1.807, 2.05) is 6.07 Å². The molecule has 0 amide bonds. The SMILES string of the molecule is CCCNC(Cc1ccc(F)cc1Cl)CC1CCSCC1. The average Bonchev–Trinajstić information content (AvgIpc) is 2.48. The molecule has 4 heteroatoms. The van der Waals surface area contributed by atoms with Crippen molar-refractivity contribution in [3.63, 3.8) is 0 Å². The van der Waals surface area contributed by atoms with Crippen LogP contribution in [0.2, 0.25) is 5.02 Å². The minimum Gasteiger partial charge on any atom is -0.314 e. The summed E-state index contributed by atoms with van der Waals surface area (Å²) in [7, 11) is 0. The molecule has 0 spiro atoms. The molecule has 118 valence electrons. The van der Waals surface area contributed by atoms with E-state index in [4.69, 9.17) is 11.6 Å². The van der Waals surface area contributed by atoms with E-state index in [-0.39, 0.29) is 5.82 Å². The van der Waals surface area contributed by atoms with Gasteiger partial charge < -0.3 is 5.32 Å². The van der Waals surface area contributed by atoms with Gasteiger partial charge in [-0.3, -0.25) is 0 Å². The summed E-state index contributed by atoms with van der Waals surface area (Å²) in [5, 5.41) is 4.20. The van der Waals surface area contributed by atoms with Crippen molar-refractivity contribution in [3.05, 3.63) is 34.6 Å². The summed E-state index contributed by atoms with van der Waals surface area (Å²) in [5.41, 5.74) is 1.05. The molecule has 1 atom stereocenters. The number of hydrogen-bond acceptors (Lipinski definition) is 2. The third kappa shape index (κ3) is 5.80. The summed E-state index contributed by atoms with van der Waals surface area (Å²) in [6.45, 7) is 3.22. The Hall–Kier alpha value is -0.250. The number of benzene rings is 1. The minimum atomic E-state index is -0.258. The molecule has 1 aromatic carbocycles. The van der Waals surface area contributed by atoms with Gasteiger partial charge in [-0.05, 0) is 73.8 Å². The molecule has 0 aromatic heterocycles. The Labute approximate surface area is 137 Å². The summed E-state index contributed by atoms with van der Waals surface area (Å²) < 4.78 is 13.2. The lowest BCUT2D eigenvalue weighted by Gasteiger charge is -2.27. The van der Waals surface area contributed by atoms with Crippen LogP contribution in [-0.4, -0.2) is 24.1 Å². The fourth-order valence-corrected chi connectivity index (χ4v) is 4.37. The third-order valence-electron chi connectivity index (χ3n) is 4.12. The Morgan fingerprint density at radius 1 is 1.38 bits per heavy atom. The van der Waals surface area contributed by atoms with E-state index in [9.17, 15) is 4.39 Å². The normalized spacial score (nSPS) is 17.9. The van der Waals surface area contributed by atoms with Gasteiger partial charge in [0.1, 0.15) is 5.82 Å². The van der Waals surface area contributed by atoms with Crippen LogP contribution in [0.15, 0.2) is 18.2 Å². The molecular weight excluding hydrogens is 305 g/mol. The van der Waals surface area contributed by atoms with E-state index in [2.05, 4.69) is 24.0 Å². The molecule has 1 N–H and O–H groups in total. The molecule has 1 nitrogen and oxygen atoms in total. The fourth-order valence-electron chi connectivity index (χ4n) is 2.92. The molecule has 0 saturated carbocycles. The Bertz CT molecular complexity index is 435. The van der Waals surface area contributed by atoms with Crippen molar-refractivity contribution < 1.29 is 4.39 Å². The first-order chi connectivity index (χ1) is 10.2.